The molecule has 1 nitrogen and oxygen atoms in total. The maximum Gasteiger partial charge on any atom is 0.0788 e. The van der Waals surface area contributed by atoms with Crippen molar-refractivity contribution < 1.29 is 0 Å². The molecule has 12 aromatic rings. The lowest BCUT2D eigenvalue weighted by molar-refractivity contribution is 0.726. The summed E-state index contributed by atoms with van der Waals surface area (Å²) in [6, 6.07) is 83.2. The van der Waals surface area contributed by atoms with E-state index in [1.54, 1.807) is 0 Å². The summed E-state index contributed by atoms with van der Waals surface area (Å²) in [5.74, 6) is 0. The Kier molecular flexibility index (Phi) is 7.61. The van der Waals surface area contributed by atoms with Gasteiger partial charge in [0.15, 0.2) is 0 Å². The number of fused-ring (bicyclic) bond motifs is 19. The molecule has 1 aliphatic carbocycles. The van der Waals surface area contributed by atoms with Gasteiger partial charge in [-0.15, -0.1) is 0 Å². The van der Waals surface area contributed by atoms with Crippen LogP contribution in [0, 0.1) is 0 Å². The minimum Gasteiger partial charge on any atom is -0.247 e. The van der Waals surface area contributed by atoms with Crippen LogP contribution in [0.4, 0.5) is 0 Å². The molecular formula is C62H37NS. The second-order valence-corrected chi connectivity index (χ2v) is 18.3. The largest absolute Gasteiger partial charge is 0.247 e. The van der Waals surface area contributed by atoms with Gasteiger partial charge in [-0.05, 0) is 106 Å². The summed E-state index contributed by atoms with van der Waals surface area (Å²) in [6.07, 6.45) is 0. The number of nitrogens with zero attached hydrogens (tertiary/aromatic N) is 1. The molecule has 2 heterocycles. The number of hydrogen-bond acceptors (Lipinski definition) is 2. The standard InChI is InChI=1S/C62H37NS/c1-2-14-40(15-3-1)60-51-34-35-56-61(64-58-25-13-12-24-55(58)62(56)53-22-10-8-20-48(53)49-21-9-11-23-54(49)62)59(51)50-33-31-42(37-57(50)63-60)39-28-26-38(27-29-39)41-30-32-47-45-18-5-4-16-43(45)44-17-6-7-19-46(44)52(47)36-41/h1-37H. The molecule has 2 aliphatic rings. The molecule has 1 aliphatic heterocycles. The van der Waals surface area contributed by atoms with E-state index in [0.29, 0.717) is 0 Å². The second-order valence-electron chi connectivity index (χ2n) is 17.3. The van der Waals surface area contributed by atoms with Crippen LogP contribution in [-0.4, -0.2) is 4.98 Å². The summed E-state index contributed by atoms with van der Waals surface area (Å²) < 4.78 is 0. The first-order valence-electron chi connectivity index (χ1n) is 22.1. The molecule has 0 unspecified atom stereocenters. The zero-order chi connectivity index (χ0) is 41.9. The quantitative estimate of drug-likeness (QED) is 0.165. The van der Waals surface area contributed by atoms with E-state index in [-0.39, 0.29) is 0 Å². The van der Waals surface area contributed by atoms with Gasteiger partial charge in [-0.1, -0.05) is 218 Å². The zero-order valence-corrected chi connectivity index (χ0v) is 35.5. The molecule has 0 bridgehead atoms. The third kappa shape index (κ3) is 4.95. The maximum atomic E-state index is 5.55. The maximum absolute atomic E-state index is 5.55. The van der Waals surface area contributed by atoms with Crippen LogP contribution in [0.25, 0.3) is 98.6 Å². The third-order valence-corrected chi connectivity index (χ3v) is 15.3. The molecule has 11 aromatic carbocycles. The molecule has 1 aromatic heterocycles. The van der Waals surface area contributed by atoms with Gasteiger partial charge >= 0.3 is 0 Å². The van der Waals surface area contributed by atoms with Crippen LogP contribution < -0.4 is 0 Å². The summed E-state index contributed by atoms with van der Waals surface area (Å²) in [5.41, 5.74) is 15.4. The van der Waals surface area contributed by atoms with Gasteiger partial charge in [0, 0.05) is 31.5 Å². The van der Waals surface area contributed by atoms with Gasteiger partial charge in [-0.2, -0.15) is 0 Å². The van der Waals surface area contributed by atoms with Gasteiger partial charge in [0.25, 0.3) is 0 Å². The molecule has 14 rings (SSSR count). The third-order valence-electron chi connectivity index (χ3n) is 14.1. The molecule has 0 N–H and O–H groups in total. The Morgan fingerprint density at radius 2 is 0.797 bits per heavy atom. The Hall–Kier alpha value is -7.78. The average molecular weight is 828 g/mol. The second kappa shape index (κ2) is 13.6. The van der Waals surface area contributed by atoms with Crippen molar-refractivity contribution in [2.45, 2.75) is 15.2 Å². The van der Waals surface area contributed by atoms with Crippen molar-refractivity contribution >= 4 is 65.8 Å². The van der Waals surface area contributed by atoms with Crippen LogP contribution in [0.2, 0.25) is 0 Å². The SMILES string of the molecule is c1ccc(-c2nc3cc(-c4ccc(-c5ccc6c7ccccc7c7ccccc7c6c5)cc4)ccc3c3c4c(ccc23)C2(c3ccccc3S4)c3ccccc3-c3ccccc32)cc1. The van der Waals surface area contributed by atoms with Gasteiger partial charge in [0.05, 0.1) is 16.6 Å². The minimum atomic E-state index is -0.450. The molecular weight excluding hydrogens is 791 g/mol. The molecule has 0 amide bonds. The first kappa shape index (κ1) is 35.8. The lowest BCUT2D eigenvalue weighted by atomic mass is 9.67. The Balaban J connectivity index is 0.954. The van der Waals surface area contributed by atoms with Crippen molar-refractivity contribution in [3.8, 4) is 44.6 Å². The Morgan fingerprint density at radius 3 is 1.45 bits per heavy atom. The first-order chi connectivity index (χ1) is 31.7. The van der Waals surface area contributed by atoms with Crippen LogP contribution in [-0.2, 0) is 5.41 Å². The van der Waals surface area contributed by atoms with Crippen LogP contribution in [0.5, 0.6) is 0 Å². The molecule has 1 spiro atoms. The van der Waals surface area contributed by atoms with Crippen molar-refractivity contribution in [3.63, 3.8) is 0 Å². The van der Waals surface area contributed by atoms with Crippen molar-refractivity contribution in [2.75, 3.05) is 0 Å². The van der Waals surface area contributed by atoms with Gasteiger partial charge in [-0.3, -0.25) is 0 Å². The molecule has 0 radical (unpaired) electrons. The highest BCUT2D eigenvalue weighted by atomic mass is 32.2. The van der Waals surface area contributed by atoms with Gasteiger partial charge in [0.1, 0.15) is 0 Å². The van der Waals surface area contributed by atoms with E-state index < -0.39 is 5.41 Å². The number of aromatic nitrogens is 1. The summed E-state index contributed by atoms with van der Waals surface area (Å²) in [5, 5.41) is 11.4. The van der Waals surface area contributed by atoms with Crippen LogP contribution in [0.1, 0.15) is 22.3 Å². The first-order valence-corrected chi connectivity index (χ1v) is 22.9. The fourth-order valence-corrected chi connectivity index (χ4v) is 12.7. The highest BCUT2D eigenvalue weighted by molar-refractivity contribution is 7.99. The van der Waals surface area contributed by atoms with Gasteiger partial charge < -0.3 is 0 Å². The Labute approximate surface area is 375 Å². The van der Waals surface area contributed by atoms with Gasteiger partial charge in [-0.25, -0.2) is 4.98 Å². The summed E-state index contributed by atoms with van der Waals surface area (Å²) >= 11 is 1.91. The molecule has 0 fully saturated rings. The van der Waals surface area contributed by atoms with E-state index in [4.69, 9.17) is 4.98 Å². The van der Waals surface area contributed by atoms with Crippen molar-refractivity contribution in [1.82, 2.24) is 4.98 Å². The number of benzene rings is 11. The predicted octanol–water partition coefficient (Wildman–Crippen LogP) is 16.7. The van der Waals surface area contributed by atoms with E-state index >= 15 is 0 Å². The zero-order valence-electron chi connectivity index (χ0n) is 34.7. The van der Waals surface area contributed by atoms with Crippen molar-refractivity contribution in [2.24, 2.45) is 0 Å². The molecule has 0 saturated carbocycles. The molecule has 64 heavy (non-hydrogen) atoms. The highest BCUT2D eigenvalue weighted by Gasteiger charge is 2.50. The Bertz CT molecular complexity index is 3840. The number of hydrogen-bond donors (Lipinski definition) is 0. The average Bonchev–Trinajstić information content (AvgIpc) is 3.66. The van der Waals surface area contributed by atoms with E-state index in [1.165, 1.54) is 108 Å². The van der Waals surface area contributed by atoms with E-state index in [9.17, 15) is 0 Å². The Morgan fingerprint density at radius 1 is 0.312 bits per heavy atom. The number of rotatable bonds is 3. The van der Waals surface area contributed by atoms with E-state index in [0.717, 1.165) is 22.3 Å². The normalized spacial score (nSPS) is 13.4. The van der Waals surface area contributed by atoms with Crippen molar-refractivity contribution in [3.05, 3.63) is 247 Å². The molecule has 0 atom stereocenters. The van der Waals surface area contributed by atoms with E-state index in [1.807, 2.05) is 11.8 Å². The summed E-state index contributed by atoms with van der Waals surface area (Å²) in [7, 11) is 0. The molecule has 0 saturated heterocycles. The van der Waals surface area contributed by atoms with Crippen LogP contribution >= 0.6 is 11.8 Å². The van der Waals surface area contributed by atoms with E-state index in [2.05, 4.69) is 224 Å². The summed E-state index contributed by atoms with van der Waals surface area (Å²) in [4.78, 5) is 8.15. The van der Waals surface area contributed by atoms with Crippen molar-refractivity contribution in [1.29, 1.82) is 0 Å². The molecule has 296 valence electrons. The lowest BCUT2D eigenvalue weighted by Crippen LogP contribution is -2.32. The number of pyridine rings is 1. The summed E-state index contributed by atoms with van der Waals surface area (Å²) in [6.45, 7) is 0. The topological polar surface area (TPSA) is 12.9 Å². The molecule has 2 heteroatoms. The fourth-order valence-electron chi connectivity index (χ4n) is 11.3. The fraction of sp³-hybridized carbons (Fsp3) is 0.0161. The monoisotopic (exact) mass is 827 g/mol. The van der Waals surface area contributed by atoms with Crippen LogP contribution in [0.15, 0.2) is 234 Å². The highest BCUT2D eigenvalue weighted by Crippen LogP contribution is 2.63. The predicted molar refractivity (Wildman–Crippen MR) is 270 cm³/mol. The van der Waals surface area contributed by atoms with Crippen LogP contribution in [0.3, 0.4) is 0 Å². The lowest BCUT2D eigenvalue weighted by Gasteiger charge is -2.40. The minimum absolute atomic E-state index is 0.450. The smallest absolute Gasteiger partial charge is 0.0788 e. The van der Waals surface area contributed by atoms with Gasteiger partial charge in [0.2, 0.25) is 0 Å².